The highest BCUT2D eigenvalue weighted by Crippen LogP contribution is 2.11. The number of hydrogen-bond donors (Lipinski definition) is 1. The summed E-state index contributed by atoms with van der Waals surface area (Å²) >= 11 is 0. The maximum absolute atomic E-state index is 12.3. The third-order valence-corrected chi connectivity index (χ3v) is 3.12. The molecule has 1 aromatic carbocycles. The number of amides is 1. The van der Waals surface area contributed by atoms with E-state index >= 15 is 0 Å². The molecule has 0 radical (unpaired) electrons. The van der Waals surface area contributed by atoms with Gasteiger partial charge in [0.05, 0.1) is 0 Å². The van der Waals surface area contributed by atoms with Crippen LogP contribution < -0.4 is 5.32 Å². The van der Waals surface area contributed by atoms with Gasteiger partial charge in [-0.2, -0.15) is 0 Å². The Kier molecular flexibility index (Phi) is 6.36. The van der Waals surface area contributed by atoms with Crippen LogP contribution in [0.25, 0.3) is 0 Å². The number of anilines is 1. The quantitative estimate of drug-likeness (QED) is 0.818. The second-order valence-corrected chi connectivity index (χ2v) is 4.87. The van der Waals surface area contributed by atoms with Crippen LogP contribution in [0.4, 0.5) is 5.69 Å². The zero-order valence-electron chi connectivity index (χ0n) is 12.4. The van der Waals surface area contributed by atoms with Crippen LogP contribution in [-0.4, -0.2) is 56.5 Å². The molecule has 1 rings (SSSR count). The lowest BCUT2D eigenvalue weighted by Gasteiger charge is -2.22. The van der Waals surface area contributed by atoms with Crippen molar-refractivity contribution in [1.82, 2.24) is 9.80 Å². The molecule has 0 bridgehead atoms. The summed E-state index contributed by atoms with van der Waals surface area (Å²) in [4.78, 5) is 16.4. The van der Waals surface area contributed by atoms with Crippen LogP contribution >= 0.6 is 0 Å². The molecule has 0 atom stereocenters. The molecule has 4 heteroatoms. The minimum atomic E-state index is 0.115. The summed E-state index contributed by atoms with van der Waals surface area (Å²) in [5.41, 5.74) is 1.78. The molecule has 4 nitrogen and oxygen atoms in total. The molecule has 106 valence electrons. The molecule has 0 aliphatic heterocycles. The van der Waals surface area contributed by atoms with E-state index in [0.717, 1.165) is 37.3 Å². The molecule has 1 N–H and O–H groups in total. The number of hydrogen-bond acceptors (Lipinski definition) is 3. The third-order valence-electron chi connectivity index (χ3n) is 3.12. The normalized spacial score (nSPS) is 10.6. The topological polar surface area (TPSA) is 35.6 Å². The van der Waals surface area contributed by atoms with Crippen LogP contribution in [-0.2, 0) is 0 Å². The fourth-order valence-corrected chi connectivity index (χ4v) is 1.94. The van der Waals surface area contributed by atoms with E-state index in [2.05, 4.69) is 24.3 Å². The largest absolute Gasteiger partial charge is 0.388 e. The molecule has 19 heavy (non-hydrogen) atoms. The Morgan fingerprint density at radius 3 is 2.26 bits per heavy atom. The Morgan fingerprint density at radius 2 is 1.79 bits per heavy atom. The number of rotatable bonds is 7. The van der Waals surface area contributed by atoms with Crippen molar-refractivity contribution in [3.8, 4) is 0 Å². The van der Waals surface area contributed by atoms with Gasteiger partial charge in [-0.1, -0.05) is 0 Å². The second-order valence-electron chi connectivity index (χ2n) is 4.87. The van der Waals surface area contributed by atoms with Gasteiger partial charge in [0.2, 0.25) is 0 Å². The first kappa shape index (κ1) is 15.5. The summed E-state index contributed by atoms with van der Waals surface area (Å²) in [7, 11) is 5.97. The van der Waals surface area contributed by atoms with Crippen molar-refractivity contribution in [1.29, 1.82) is 0 Å². The summed E-state index contributed by atoms with van der Waals surface area (Å²) in [5, 5.41) is 3.05. The van der Waals surface area contributed by atoms with Crippen molar-refractivity contribution in [3.05, 3.63) is 29.8 Å². The fraction of sp³-hybridized carbons (Fsp3) is 0.533. The first-order chi connectivity index (χ1) is 9.08. The molecular weight excluding hydrogens is 238 g/mol. The number of nitrogens with zero attached hydrogens (tertiary/aromatic N) is 2. The van der Waals surface area contributed by atoms with Crippen LogP contribution in [0.15, 0.2) is 24.3 Å². The van der Waals surface area contributed by atoms with Gasteiger partial charge in [-0.15, -0.1) is 0 Å². The van der Waals surface area contributed by atoms with E-state index in [-0.39, 0.29) is 5.91 Å². The average Bonchev–Trinajstić information content (AvgIpc) is 2.43. The molecule has 1 amide bonds. The fourth-order valence-electron chi connectivity index (χ4n) is 1.94. The molecule has 0 aromatic heterocycles. The third kappa shape index (κ3) is 4.91. The number of carbonyl (C=O) groups is 1. The lowest BCUT2D eigenvalue weighted by Crippen LogP contribution is -2.33. The summed E-state index contributed by atoms with van der Waals surface area (Å²) < 4.78 is 0. The smallest absolute Gasteiger partial charge is 0.253 e. The molecule has 0 fully saturated rings. The number of nitrogens with one attached hydrogen (secondary N) is 1. The van der Waals surface area contributed by atoms with Gasteiger partial charge in [-0.05, 0) is 58.3 Å². The summed E-state index contributed by atoms with van der Waals surface area (Å²) in [6.07, 6.45) is 1.00. The SMILES string of the molecule is CCN(CCCN(C)C)C(=O)c1ccc(NC)cc1. The molecule has 0 aliphatic carbocycles. The zero-order valence-corrected chi connectivity index (χ0v) is 12.4. The van der Waals surface area contributed by atoms with Gasteiger partial charge < -0.3 is 15.1 Å². The van der Waals surface area contributed by atoms with E-state index in [1.54, 1.807) is 0 Å². The van der Waals surface area contributed by atoms with Crippen LogP contribution in [0.3, 0.4) is 0 Å². The lowest BCUT2D eigenvalue weighted by molar-refractivity contribution is 0.0759. The number of carbonyl (C=O) groups excluding carboxylic acids is 1. The first-order valence-corrected chi connectivity index (χ1v) is 6.80. The van der Waals surface area contributed by atoms with E-state index in [1.807, 2.05) is 43.1 Å². The minimum Gasteiger partial charge on any atom is -0.388 e. The molecule has 0 saturated carbocycles. The Labute approximate surface area is 116 Å². The van der Waals surface area contributed by atoms with Crippen LogP contribution in [0, 0.1) is 0 Å². The predicted molar refractivity (Wildman–Crippen MR) is 80.7 cm³/mol. The molecule has 0 aliphatic rings. The van der Waals surface area contributed by atoms with Crippen molar-refractivity contribution in [2.45, 2.75) is 13.3 Å². The van der Waals surface area contributed by atoms with E-state index < -0.39 is 0 Å². The van der Waals surface area contributed by atoms with Crippen LogP contribution in [0.5, 0.6) is 0 Å². The van der Waals surface area contributed by atoms with Crippen LogP contribution in [0.2, 0.25) is 0 Å². The van der Waals surface area contributed by atoms with Gasteiger partial charge in [0.25, 0.3) is 5.91 Å². The van der Waals surface area contributed by atoms with E-state index in [0.29, 0.717) is 0 Å². The van der Waals surface area contributed by atoms with Crippen molar-refractivity contribution in [2.75, 3.05) is 46.1 Å². The van der Waals surface area contributed by atoms with Gasteiger partial charge in [0.15, 0.2) is 0 Å². The van der Waals surface area contributed by atoms with Crippen molar-refractivity contribution >= 4 is 11.6 Å². The minimum absolute atomic E-state index is 0.115. The monoisotopic (exact) mass is 263 g/mol. The average molecular weight is 263 g/mol. The molecule has 0 heterocycles. The van der Waals surface area contributed by atoms with Crippen LogP contribution in [0.1, 0.15) is 23.7 Å². The van der Waals surface area contributed by atoms with Crippen molar-refractivity contribution in [2.24, 2.45) is 0 Å². The highest BCUT2D eigenvalue weighted by Gasteiger charge is 2.13. The maximum Gasteiger partial charge on any atom is 0.253 e. The summed E-state index contributed by atoms with van der Waals surface area (Å²) in [6.45, 7) is 4.58. The highest BCUT2D eigenvalue weighted by atomic mass is 16.2. The predicted octanol–water partition coefficient (Wildman–Crippen LogP) is 2.14. The summed E-state index contributed by atoms with van der Waals surface area (Å²) in [6, 6.07) is 7.62. The van der Waals surface area contributed by atoms with Crippen molar-refractivity contribution in [3.63, 3.8) is 0 Å². The molecule has 0 unspecified atom stereocenters. The summed E-state index contributed by atoms with van der Waals surface area (Å²) in [5.74, 6) is 0.115. The Morgan fingerprint density at radius 1 is 1.16 bits per heavy atom. The van der Waals surface area contributed by atoms with Gasteiger partial charge in [0.1, 0.15) is 0 Å². The molecule has 0 spiro atoms. The Hall–Kier alpha value is -1.55. The maximum atomic E-state index is 12.3. The van der Waals surface area contributed by atoms with Gasteiger partial charge >= 0.3 is 0 Å². The Bertz CT molecular complexity index is 387. The number of benzene rings is 1. The molecular formula is C15H25N3O. The van der Waals surface area contributed by atoms with Gasteiger partial charge in [-0.3, -0.25) is 4.79 Å². The molecule has 0 saturated heterocycles. The highest BCUT2D eigenvalue weighted by molar-refractivity contribution is 5.94. The zero-order chi connectivity index (χ0) is 14.3. The van der Waals surface area contributed by atoms with E-state index in [4.69, 9.17) is 0 Å². The van der Waals surface area contributed by atoms with E-state index in [9.17, 15) is 4.79 Å². The lowest BCUT2D eigenvalue weighted by atomic mass is 10.1. The van der Waals surface area contributed by atoms with Crippen molar-refractivity contribution < 1.29 is 4.79 Å². The first-order valence-electron chi connectivity index (χ1n) is 6.80. The van der Waals surface area contributed by atoms with Gasteiger partial charge in [0, 0.05) is 31.4 Å². The molecule has 1 aromatic rings. The van der Waals surface area contributed by atoms with E-state index in [1.165, 1.54) is 0 Å². The Balaban J connectivity index is 2.61. The van der Waals surface area contributed by atoms with Gasteiger partial charge in [-0.25, -0.2) is 0 Å². The standard InChI is InChI=1S/C15H25N3O/c1-5-18(12-6-11-17(3)4)15(19)13-7-9-14(16-2)10-8-13/h7-10,16H,5-6,11-12H2,1-4H3. The second kappa shape index (κ2) is 7.79.